The van der Waals surface area contributed by atoms with E-state index >= 15 is 0 Å². The minimum absolute atomic E-state index is 0. The number of aromatic nitrogens is 3. The number of fused-ring (bicyclic) bond motifs is 1. The van der Waals surface area contributed by atoms with Crippen molar-refractivity contribution in [2.45, 2.75) is 4.84 Å². The lowest BCUT2D eigenvalue weighted by molar-refractivity contribution is 0.155. The highest BCUT2D eigenvalue weighted by atomic mass is 35.5. The second-order valence-corrected chi connectivity index (χ2v) is 3.59. The van der Waals surface area contributed by atoms with E-state index in [1.54, 1.807) is 18.2 Å². The van der Waals surface area contributed by atoms with Gasteiger partial charge in [0.2, 0.25) is 0 Å². The summed E-state index contributed by atoms with van der Waals surface area (Å²) in [6, 6.07) is 5.14. The molecule has 1 aromatic carbocycles. The van der Waals surface area contributed by atoms with Crippen molar-refractivity contribution in [2.75, 3.05) is 0 Å². The molecular formula is C7H7Cl2N3O2. The average molecular weight is 236 g/mol. The zero-order valence-corrected chi connectivity index (χ0v) is 8.37. The molecule has 0 aliphatic carbocycles. The van der Waals surface area contributed by atoms with Crippen LogP contribution in [0.2, 0.25) is 0 Å². The van der Waals surface area contributed by atoms with Gasteiger partial charge in [0.25, 0.3) is 0 Å². The second kappa shape index (κ2) is 4.00. The highest BCUT2D eigenvalue weighted by Crippen LogP contribution is 2.29. The Morgan fingerprint density at radius 2 is 2.07 bits per heavy atom. The second-order valence-electron chi connectivity index (χ2n) is 2.49. The summed E-state index contributed by atoms with van der Waals surface area (Å²) in [6.45, 7) is 0. The van der Waals surface area contributed by atoms with Gasteiger partial charge in [-0.15, -0.1) is 5.10 Å². The van der Waals surface area contributed by atoms with Crippen LogP contribution in [0.1, 0.15) is 10.4 Å². The Morgan fingerprint density at radius 1 is 1.36 bits per heavy atom. The standard InChI is InChI=1S/C7H5Cl2N3O.H2O/c8-7(9)4-2-1-3-5-6(4)10-11-12(5)13;/h1-3,7,13H;1H2. The van der Waals surface area contributed by atoms with Crippen molar-refractivity contribution in [1.29, 1.82) is 0 Å². The van der Waals surface area contributed by atoms with Gasteiger partial charge >= 0.3 is 0 Å². The van der Waals surface area contributed by atoms with Gasteiger partial charge in [0.05, 0.1) is 0 Å². The lowest BCUT2D eigenvalue weighted by Gasteiger charge is -2.00. The smallest absolute Gasteiger partial charge is 0.135 e. The first-order chi connectivity index (χ1) is 6.20. The van der Waals surface area contributed by atoms with Crippen LogP contribution in [0.4, 0.5) is 0 Å². The number of nitrogens with zero attached hydrogens (tertiary/aromatic N) is 3. The molecule has 1 heterocycles. The van der Waals surface area contributed by atoms with Gasteiger partial charge in [0.1, 0.15) is 15.9 Å². The molecule has 0 radical (unpaired) electrons. The van der Waals surface area contributed by atoms with E-state index in [4.69, 9.17) is 23.2 Å². The highest BCUT2D eigenvalue weighted by molar-refractivity contribution is 6.44. The molecule has 0 amide bonds. The number of benzene rings is 1. The van der Waals surface area contributed by atoms with Crippen molar-refractivity contribution in [3.63, 3.8) is 0 Å². The first-order valence-electron chi connectivity index (χ1n) is 3.52. The average Bonchev–Trinajstić information content (AvgIpc) is 2.48. The third kappa shape index (κ3) is 1.61. The largest absolute Gasteiger partial charge is 0.412 e. The maximum Gasteiger partial charge on any atom is 0.135 e. The van der Waals surface area contributed by atoms with E-state index in [0.717, 1.165) is 0 Å². The number of hydrogen-bond acceptors (Lipinski definition) is 3. The molecule has 0 atom stereocenters. The van der Waals surface area contributed by atoms with Crippen molar-refractivity contribution < 1.29 is 10.7 Å². The molecule has 5 nitrogen and oxygen atoms in total. The van der Waals surface area contributed by atoms with E-state index in [0.29, 0.717) is 21.4 Å². The number of rotatable bonds is 1. The summed E-state index contributed by atoms with van der Waals surface area (Å²) in [7, 11) is 0. The van der Waals surface area contributed by atoms with Gasteiger partial charge in [0, 0.05) is 5.56 Å². The van der Waals surface area contributed by atoms with E-state index < -0.39 is 4.84 Å². The third-order valence-corrected chi connectivity index (χ3v) is 2.20. The Bertz CT molecular complexity index is 443. The molecule has 7 heteroatoms. The highest BCUT2D eigenvalue weighted by Gasteiger charge is 2.12. The van der Waals surface area contributed by atoms with E-state index in [9.17, 15) is 5.21 Å². The molecule has 0 saturated heterocycles. The van der Waals surface area contributed by atoms with Crippen LogP contribution in [0.5, 0.6) is 0 Å². The summed E-state index contributed by atoms with van der Waals surface area (Å²) < 4.78 is 0. The molecule has 2 aromatic rings. The van der Waals surface area contributed by atoms with Crippen molar-refractivity contribution in [1.82, 2.24) is 15.2 Å². The summed E-state index contributed by atoms with van der Waals surface area (Å²) in [5.74, 6) is 0. The van der Waals surface area contributed by atoms with E-state index in [1.165, 1.54) is 0 Å². The fourth-order valence-electron chi connectivity index (χ4n) is 1.13. The molecule has 76 valence electrons. The first-order valence-corrected chi connectivity index (χ1v) is 4.39. The molecule has 2 rings (SSSR count). The fraction of sp³-hybridized carbons (Fsp3) is 0.143. The summed E-state index contributed by atoms with van der Waals surface area (Å²) in [6.07, 6.45) is 0. The zero-order chi connectivity index (χ0) is 9.42. The third-order valence-electron chi connectivity index (χ3n) is 1.73. The van der Waals surface area contributed by atoms with Gasteiger partial charge in [-0.2, -0.15) is 0 Å². The maximum atomic E-state index is 9.17. The molecule has 3 N–H and O–H groups in total. The van der Waals surface area contributed by atoms with Crippen LogP contribution >= 0.6 is 23.2 Å². The molecule has 0 fully saturated rings. The van der Waals surface area contributed by atoms with Gasteiger partial charge in [-0.3, -0.25) is 0 Å². The molecule has 0 aliphatic heterocycles. The Hall–Kier alpha value is -1.04. The van der Waals surface area contributed by atoms with Gasteiger partial charge in [0.15, 0.2) is 0 Å². The Morgan fingerprint density at radius 3 is 2.71 bits per heavy atom. The number of hydrogen-bond donors (Lipinski definition) is 1. The molecule has 0 spiro atoms. The normalized spacial score (nSPS) is 10.5. The van der Waals surface area contributed by atoms with Crippen LogP contribution in [-0.2, 0) is 0 Å². The van der Waals surface area contributed by atoms with Crippen LogP contribution in [0.3, 0.4) is 0 Å². The Kier molecular flexibility index (Phi) is 3.15. The summed E-state index contributed by atoms with van der Waals surface area (Å²) in [4.78, 5) is 0.0232. The minimum atomic E-state index is -0.666. The van der Waals surface area contributed by atoms with Crippen LogP contribution in [-0.4, -0.2) is 25.8 Å². The molecule has 0 unspecified atom stereocenters. The van der Waals surface area contributed by atoms with E-state index in [1.807, 2.05) is 0 Å². The monoisotopic (exact) mass is 235 g/mol. The van der Waals surface area contributed by atoms with Crippen molar-refractivity contribution in [3.05, 3.63) is 23.8 Å². The van der Waals surface area contributed by atoms with E-state index in [-0.39, 0.29) is 5.48 Å². The molecule has 0 aliphatic rings. The minimum Gasteiger partial charge on any atom is -0.412 e. The van der Waals surface area contributed by atoms with Crippen LogP contribution < -0.4 is 0 Å². The lowest BCUT2D eigenvalue weighted by Crippen LogP contribution is -1.91. The predicted octanol–water partition coefficient (Wildman–Crippen LogP) is 1.32. The van der Waals surface area contributed by atoms with Gasteiger partial charge < -0.3 is 10.7 Å². The van der Waals surface area contributed by atoms with Gasteiger partial charge in [-0.05, 0) is 11.3 Å². The number of halogens is 2. The quantitative estimate of drug-likeness (QED) is 0.598. The van der Waals surface area contributed by atoms with Crippen LogP contribution in [0, 0.1) is 0 Å². The number of alkyl halides is 2. The summed E-state index contributed by atoms with van der Waals surface area (Å²) >= 11 is 11.4. The molecule has 0 saturated carbocycles. The molecule has 0 bridgehead atoms. The first kappa shape index (κ1) is 11.0. The zero-order valence-electron chi connectivity index (χ0n) is 6.85. The topological polar surface area (TPSA) is 82.4 Å². The lowest BCUT2D eigenvalue weighted by atomic mass is 10.2. The fourth-order valence-corrected chi connectivity index (χ4v) is 1.48. The van der Waals surface area contributed by atoms with Gasteiger partial charge in [-0.1, -0.05) is 40.2 Å². The SMILES string of the molecule is O.On1nnc2c(C(Cl)Cl)cccc21. The summed E-state index contributed by atoms with van der Waals surface area (Å²) in [5.41, 5.74) is 1.64. The van der Waals surface area contributed by atoms with E-state index in [2.05, 4.69) is 10.3 Å². The predicted molar refractivity (Wildman–Crippen MR) is 52.8 cm³/mol. The molecule has 1 aromatic heterocycles. The Balaban J connectivity index is 0.000000980. The van der Waals surface area contributed by atoms with Gasteiger partial charge in [-0.25, -0.2) is 0 Å². The Labute approximate surface area is 89.1 Å². The van der Waals surface area contributed by atoms with Crippen molar-refractivity contribution >= 4 is 34.2 Å². The van der Waals surface area contributed by atoms with Crippen molar-refractivity contribution in [2.24, 2.45) is 0 Å². The maximum absolute atomic E-state index is 9.17. The van der Waals surface area contributed by atoms with Crippen molar-refractivity contribution in [3.8, 4) is 0 Å². The molecule has 14 heavy (non-hydrogen) atoms. The van der Waals surface area contributed by atoms with Crippen LogP contribution in [0.15, 0.2) is 18.2 Å². The molecular weight excluding hydrogens is 229 g/mol. The van der Waals surface area contributed by atoms with Crippen LogP contribution in [0.25, 0.3) is 11.0 Å². The summed E-state index contributed by atoms with van der Waals surface area (Å²) in [5, 5.41) is 16.4.